The molecule has 0 unspecified atom stereocenters. The summed E-state index contributed by atoms with van der Waals surface area (Å²) in [6.07, 6.45) is 0.728. The molecule has 108 valence electrons. The summed E-state index contributed by atoms with van der Waals surface area (Å²) >= 11 is 0. The van der Waals surface area contributed by atoms with E-state index >= 15 is 0 Å². The maximum absolute atomic E-state index is 12.8. The monoisotopic (exact) mass is 276 g/mol. The van der Waals surface area contributed by atoms with Crippen LogP contribution < -0.4 is 0 Å². The van der Waals surface area contributed by atoms with E-state index in [0.29, 0.717) is 37.2 Å². The fraction of sp³-hybridized carbons (Fsp3) is 0.562. The van der Waals surface area contributed by atoms with Crippen molar-refractivity contribution in [1.82, 2.24) is 0 Å². The van der Waals surface area contributed by atoms with Crippen molar-refractivity contribution in [2.75, 3.05) is 13.2 Å². The van der Waals surface area contributed by atoms with E-state index in [-0.39, 0.29) is 5.78 Å². The normalized spacial score (nSPS) is 35.1. The maximum atomic E-state index is 12.8. The number of Topliss-reactive ketones (excluding diaryl/α,β-unsaturated/α-hetero) is 1. The van der Waals surface area contributed by atoms with Gasteiger partial charge < -0.3 is 14.6 Å². The van der Waals surface area contributed by atoms with Gasteiger partial charge >= 0.3 is 0 Å². The van der Waals surface area contributed by atoms with E-state index in [4.69, 9.17) is 9.47 Å². The summed E-state index contributed by atoms with van der Waals surface area (Å²) in [5, 5.41) is 11.4. The first-order chi connectivity index (χ1) is 9.61. The minimum absolute atomic E-state index is 0.111. The molecule has 1 N–H and O–H groups in total. The number of hydrogen-bond donors (Lipinski definition) is 1. The van der Waals surface area contributed by atoms with Gasteiger partial charge in [-0.05, 0) is 26.7 Å². The molecule has 1 fully saturated rings. The lowest BCUT2D eigenvalue weighted by Gasteiger charge is -2.38. The van der Waals surface area contributed by atoms with Crippen LogP contribution in [0.25, 0.3) is 0 Å². The number of benzene rings is 1. The lowest BCUT2D eigenvalue weighted by molar-refractivity contribution is -0.180. The molecule has 0 radical (unpaired) electrons. The van der Waals surface area contributed by atoms with E-state index in [1.807, 2.05) is 32.0 Å². The van der Waals surface area contributed by atoms with E-state index in [1.165, 1.54) is 0 Å². The van der Waals surface area contributed by atoms with Crippen LogP contribution in [-0.4, -0.2) is 35.8 Å². The summed E-state index contributed by atoms with van der Waals surface area (Å²) in [5.74, 6) is -0.111. The van der Waals surface area contributed by atoms with Crippen LogP contribution in [0, 0.1) is 0 Å². The Morgan fingerprint density at radius 3 is 2.75 bits per heavy atom. The van der Waals surface area contributed by atoms with Crippen molar-refractivity contribution in [1.29, 1.82) is 0 Å². The van der Waals surface area contributed by atoms with Crippen molar-refractivity contribution < 1.29 is 19.4 Å². The number of ether oxygens (including phenoxy) is 2. The highest BCUT2D eigenvalue weighted by Crippen LogP contribution is 2.57. The van der Waals surface area contributed by atoms with E-state index in [1.54, 1.807) is 6.07 Å². The van der Waals surface area contributed by atoms with Crippen LogP contribution in [0.3, 0.4) is 0 Å². The number of carbonyl (C=O) groups is 1. The molecule has 4 nitrogen and oxygen atoms in total. The maximum Gasteiger partial charge on any atom is 0.198 e. The summed E-state index contributed by atoms with van der Waals surface area (Å²) < 4.78 is 11.5. The van der Waals surface area contributed by atoms with E-state index in [9.17, 15) is 9.90 Å². The van der Waals surface area contributed by atoms with Gasteiger partial charge in [0.25, 0.3) is 0 Å². The predicted molar refractivity (Wildman–Crippen MR) is 73.7 cm³/mol. The van der Waals surface area contributed by atoms with Gasteiger partial charge in [-0.1, -0.05) is 24.3 Å². The Morgan fingerprint density at radius 2 is 2.05 bits per heavy atom. The first kappa shape index (κ1) is 13.7. The molecule has 0 amide bonds. The quantitative estimate of drug-likeness (QED) is 0.914. The summed E-state index contributed by atoms with van der Waals surface area (Å²) in [4.78, 5) is 12.8. The molecular weight excluding hydrogens is 256 g/mol. The van der Waals surface area contributed by atoms with Gasteiger partial charge in [0.2, 0.25) is 0 Å². The molecule has 1 saturated carbocycles. The number of ketones is 1. The zero-order chi connectivity index (χ0) is 14.4. The number of carbonyl (C=O) groups excluding carboxylic acids is 1. The summed E-state index contributed by atoms with van der Waals surface area (Å²) in [6, 6.07) is 7.23. The first-order valence-electron chi connectivity index (χ1n) is 7.24. The van der Waals surface area contributed by atoms with Gasteiger partial charge in [0.05, 0.1) is 6.10 Å². The highest BCUT2D eigenvalue weighted by Gasteiger charge is 2.70. The Bertz CT molecular complexity index is 541. The third-order valence-corrected chi connectivity index (χ3v) is 4.55. The molecule has 0 saturated heterocycles. The summed E-state index contributed by atoms with van der Waals surface area (Å²) in [7, 11) is 0. The minimum Gasteiger partial charge on any atom is -0.379 e. The van der Waals surface area contributed by atoms with Crippen LogP contribution in [0.15, 0.2) is 24.3 Å². The van der Waals surface area contributed by atoms with Gasteiger partial charge in [0, 0.05) is 24.3 Å². The van der Waals surface area contributed by atoms with Gasteiger partial charge in [-0.15, -0.1) is 0 Å². The second kappa shape index (κ2) is 4.65. The van der Waals surface area contributed by atoms with Crippen LogP contribution >= 0.6 is 0 Å². The molecule has 1 aromatic carbocycles. The zero-order valence-corrected chi connectivity index (χ0v) is 11.9. The Balaban J connectivity index is 2.18. The first-order valence-corrected chi connectivity index (χ1v) is 7.24. The molecule has 2 aliphatic rings. The van der Waals surface area contributed by atoms with E-state index in [0.717, 1.165) is 0 Å². The van der Waals surface area contributed by atoms with Crippen molar-refractivity contribution in [3.63, 3.8) is 0 Å². The molecule has 3 atom stereocenters. The van der Waals surface area contributed by atoms with Crippen molar-refractivity contribution in [3.8, 4) is 0 Å². The molecule has 4 heteroatoms. The molecule has 1 aromatic rings. The lowest BCUT2D eigenvalue weighted by atomic mass is 9.84. The molecule has 2 aliphatic carbocycles. The van der Waals surface area contributed by atoms with Gasteiger partial charge in [0.1, 0.15) is 0 Å². The van der Waals surface area contributed by atoms with Crippen molar-refractivity contribution in [2.45, 2.75) is 44.0 Å². The molecule has 0 bridgehead atoms. The van der Waals surface area contributed by atoms with Gasteiger partial charge in [0.15, 0.2) is 17.0 Å². The highest BCUT2D eigenvalue weighted by molar-refractivity contribution is 6.09. The average molecular weight is 276 g/mol. The van der Waals surface area contributed by atoms with Gasteiger partial charge in [-0.3, -0.25) is 4.79 Å². The smallest absolute Gasteiger partial charge is 0.198 e. The van der Waals surface area contributed by atoms with E-state index in [2.05, 4.69) is 0 Å². The molecule has 0 aromatic heterocycles. The molecule has 3 rings (SSSR count). The van der Waals surface area contributed by atoms with Crippen LogP contribution in [0.5, 0.6) is 0 Å². The SMILES string of the molecule is CCO[C@@H]1CC[C@@]2(OCC)C(=O)c3ccccc3[C@@]12O. The summed E-state index contributed by atoms with van der Waals surface area (Å²) in [5.41, 5.74) is -1.33. The van der Waals surface area contributed by atoms with E-state index < -0.39 is 17.3 Å². The number of hydrogen-bond acceptors (Lipinski definition) is 4. The zero-order valence-electron chi connectivity index (χ0n) is 11.9. The Hall–Kier alpha value is -1.23. The fourth-order valence-electron chi connectivity index (χ4n) is 3.80. The molecule has 0 spiro atoms. The van der Waals surface area contributed by atoms with Crippen LogP contribution in [0.2, 0.25) is 0 Å². The third kappa shape index (κ3) is 1.44. The van der Waals surface area contributed by atoms with Crippen molar-refractivity contribution in [2.24, 2.45) is 0 Å². The van der Waals surface area contributed by atoms with Crippen molar-refractivity contribution in [3.05, 3.63) is 35.4 Å². The molecule has 0 heterocycles. The van der Waals surface area contributed by atoms with Crippen LogP contribution in [-0.2, 0) is 15.1 Å². The largest absolute Gasteiger partial charge is 0.379 e. The number of aliphatic hydroxyl groups is 1. The third-order valence-electron chi connectivity index (χ3n) is 4.55. The van der Waals surface area contributed by atoms with Gasteiger partial charge in [-0.25, -0.2) is 0 Å². The number of fused-ring (bicyclic) bond motifs is 3. The Labute approximate surface area is 118 Å². The predicted octanol–water partition coefficient (Wildman–Crippen LogP) is 2.04. The molecule has 0 aliphatic heterocycles. The Morgan fingerprint density at radius 1 is 1.30 bits per heavy atom. The standard InChI is InChI=1S/C16H20O4/c1-3-19-13-9-10-15(20-4-2)14(17)11-7-5-6-8-12(11)16(13,15)18/h5-8,13,18H,3-4,9-10H2,1-2H3/t13-,15-,16-/m1/s1. The van der Waals surface area contributed by atoms with Gasteiger partial charge in [-0.2, -0.15) is 0 Å². The van der Waals surface area contributed by atoms with Crippen molar-refractivity contribution >= 4 is 5.78 Å². The Kier molecular flexibility index (Phi) is 3.20. The average Bonchev–Trinajstić information content (AvgIpc) is 2.83. The topological polar surface area (TPSA) is 55.8 Å². The molecule has 20 heavy (non-hydrogen) atoms. The van der Waals surface area contributed by atoms with Crippen LogP contribution in [0.4, 0.5) is 0 Å². The second-order valence-corrected chi connectivity index (χ2v) is 5.38. The fourth-order valence-corrected chi connectivity index (χ4v) is 3.80. The molecular formula is C16H20O4. The second-order valence-electron chi connectivity index (χ2n) is 5.38. The highest BCUT2D eigenvalue weighted by atomic mass is 16.5. The van der Waals surface area contributed by atoms with Crippen LogP contribution in [0.1, 0.15) is 42.6 Å². The lowest BCUT2D eigenvalue weighted by Crippen LogP contribution is -2.55. The summed E-state index contributed by atoms with van der Waals surface area (Å²) in [6.45, 7) is 4.64. The minimum atomic E-state index is -1.37. The number of rotatable bonds is 4.